The molecule has 1 fully saturated rings. The third kappa shape index (κ3) is 4.19. The Morgan fingerprint density at radius 3 is 2.50 bits per heavy atom. The molecule has 0 bridgehead atoms. The molecule has 6 heteroatoms. The van der Waals surface area contributed by atoms with E-state index in [1.807, 2.05) is 6.07 Å². The SMILES string of the molecule is CCOC(=O)[C@H]1CC(=O)[C@@H]1[C@](O)(/C=C/c1ccccc1)C(=O)OC(C)C. The van der Waals surface area contributed by atoms with Gasteiger partial charge in [-0.2, -0.15) is 0 Å². The number of rotatable bonds is 7. The van der Waals surface area contributed by atoms with E-state index in [9.17, 15) is 19.5 Å². The first kappa shape index (κ1) is 19.8. The standard InChI is InChI=1S/C20H24O6/c1-4-25-18(22)15-12-16(21)17(15)20(24,19(23)26-13(2)3)11-10-14-8-6-5-7-9-14/h5-11,13,15,17,24H,4,12H2,1-3H3/b11-10+/t15-,17+,20+/m0/s1. The van der Waals surface area contributed by atoms with E-state index in [1.54, 1.807) is 45.0 Å². The van der Waals surface area contributed by atoms with Crippen LogP contribution in [0.5, 0.6) is 0 Å². The smallest absolute Gasteiger partial charge is 0.343 e. The highest BCUT2D eigenvalue weighted by Gasteiger charge is 2.59. The monoisotopic (exact) mass is 360 g/mol. The fourth-order valence-corrected chi connectivity index (χ4v) is 2.94. The summed E-state index contributed by atoms with van der Waals surface area (Å²) in [6.07, 6.45) is 2.24. The molecular formula is C20H24O6. The fraction of sp³-hybridized carbons (Fsp3) is 0.450. The van der Waals surface area contributed by atoms with Crippen LogP contribution in [0.15, 0.2) is 36.4 Å². The summed E-state index contributed by atoms with van der Waals surface area (Å²) in [5, 5.41) is 11.1. The van der Waals surface area contributed by atoms with Crippen LogP contribution >= 0.6 is 0 Å². The van der Waals surface area contributed by atoms with Crippen molar-refractivity contribution in [3.8, 4) is 0 Å². The molecule has 1 N–H and O–H groups in total. The molecule has 2 rings (SSSR count). The maximum absolute atomic E-state index is 12.6. The maximum atomic E-state index is 12.6. The van der Waals surface area contributed by atoms with Crippen LogP contribution in [0.4, 0.5) is 0 Å². The van der Waals surface area contributed by atoms with Crippen molar-refractivity contribution in [1.82, 2.24) is 0 Å². The van der Waals surface area contributed by atoms with Gasteiger partial charge in [0.15, 0.2) is 5.60 Å². The minimum Gasteiger partial charge on any atom is -0.466 e. The van der Waals surface area contributed by atoms with Crippen LogP contribution in [-0.4, -0.2) is 41.1 Å². The number of carbonyl (C=O) groups is 3. The van der Waals surface area contributed by atoms with E-state index in [0.717, 1.165) is 5.56 Å². The molecule has 0 spiro atoms. The lowest BCUT2D eigenvalue weighted by atomic mass is 9.63. The fourth-order valence-electron chi connectivity index (χ4n) is 2.94. The van der Waals surface area contributed by atoms with Crippen LogP contribution in [0.25, 0.3) is 6.08 Å². The van der Waals surface area contributed by atoms with Crippen molar-refractivity contribution < 1.29 is 29.0 Å². The number of esters is 2. The van der Waals surface area contributed by atoms with Crippen molar-refractivity contribution in [2.45, 2.75) is 38.9 Å². The van der Waals surface area contributed by atoms with Gasteiger partial charge in [0.2, 0.25) is 0 Å². The Morgan fingerprint density at radius 1 is 1.31 bits per heavy atom. The average Bonchev–Trinajstić information content (AvgIpc) is 2.58. The minimum absolute atomic E-state index is 0.0556. The molecule has 6 nitrogen and oxygen atoms in total. The van der Waals surface area contributed by atoms with E-state index >= 15 is 0 Å². The van der Waals surface area contributed by atoms with E-state index in [-0.39, 0.29) is 18.8 Å². The van der Waals surface area contributed by atoms with Crippen LogP contribution in [0.2, 0.25) is 0 Å². The van der Waals surface area contributed by atoms with E-state index in [1.165, 1.54) is 12.2 Å². The van der Waals surface area contributed by atoms with Gasteiger partial charge < -0.3 is 14.6 Å². The number of ether oxygens (including phenoxy) is 2. The van der Waals surface area contributed by atoms with Crippen LogP contribution in [0.1, 0.15) is 32.8 Å². The number of Topliss-reactive ketones (excluding diaryl/α,β-unsaturated/α-hetero) is 1. The molecule has 1 aliphatic rings. The molecule has 1 saturated carbocycles. The topological polar surface area (TPSA) is 89.9 Å². The third-order valence-electron chi connectivity index (χ3n) is 4.23. The highest BCUT2D eigenvalue weighted by Crippen LogP contribution is 2.41. The van der Waals surface area contributed by atoms with Gasteiger partial charge in [0.1, 0.15) is 5.78 Å². The molecule has 0 amide bonds. The van der Waals surface area contributed by atoms with Crippen LogP contribution in [0.3, 0.4) is 0 Å². The lowest BCUT2D eigenvalue weighted by molar-refractivity contribution is -0.185. The predicted octanol–water partition coefficient (Wildman–Crippen LogP) is 2.15. The van der Waals surface area contributed by atoms with Gasteiger partial charge in [0, 0.05) is 6.42 Å². The highest BCUT2D eigenvalue weighted by atomic mass is 16.6. The average molecular weight is 360 g/mol. The summed E-state index contributed by atoms with van der Waals surface area (Å²) >= 11 is 0. The summed E-state index contributed by atoms with van der Waals surface area (Å²) < 4.78 is 10.1. The second kappa shape index (κ2) is 8.27. The molecule has 1 aromatic rings. The minimum atomic E-state index is -2.23. The normalized spacial score (nSPS) is 22.0. The predicted molar refractivity (Wildman–Crippen MR) is 94.9 cm³/mol. The van der Waals surface area contributed by atoms with Gasteiger partial charge in [-0.3, -0.25) is 9.59 Å². The van der Waals surface area contributed by atoms with Crippen molar-refractivity contribution in [2.24, 2.45) is 11.8 Å². The second-order valence-corrected chi connectivity index (χ2v) is 6.53. The Morgan fingerprint density at radius 2 is 1.96 bits per heavy atom. The van der Waals surface area contributed by atoms with Crippen LogP contribution < -0.4 is 0 Å². The Labute approximate surface area is 152 Å². The zero-order chi connectivity index (χ0) is 19.3. The van der Waals surface area contributed by atoms with Crippen molar-refractivity contribution in [1.29, 1.82) is 0 Å². The quantitative estimate of drug-likeness (QED) is 0.750. The van der Waals surface area contributed by atoms with E-state index in [2.05, 4.69) is 0 Å². The van der Waals surface area contributed by atoms with Crippen molar-refractivity contribution in [3.63, 3.8) is 0 Å². The molecular weight excluding hydrogens is 336 g/mol. The van der Waals surface area contributed by atoms with Gasteiger partial charge in [-0.25, -0.2) is 4.79 Å². The molecule has 1 aliphatic carbocycles. The van der Waals surface area contributed by atoms with Crippen molar-refractivity contribution in [2.75, 3.05) is 6.61 Å². The van der Waals surface area contributed by atoms with Crippen molar-refractivity contribution >= 4 is 23.8 Å². The van der Waals surface area contributed by atoms with E-state index in [4.69, 9.17) is 9.47 Å². The largest absolute Gasteiger partial charge is 0.466 e. The van der Waals surface area contributed by atoms with Gasteiger partial charge in [0.05, 0.1) is 24.5 Å². The molecule has 0 saturated heterocycles. The molecule has 26 heavy (non-hydrogen) atoms. The Kier molecular flexibility index (Phi) is 6.32. The van der Waals surface area contributed by atoms with E-state index < -0.39 is 35.5 Å². The molecule has 0 unspecified atom stereocenters. The Bertz CT molecular complexity index is 694. The van der Waals surface area contributed by atoms with Crippen molar-refractivity contribution in [3.05, 3.63) is 42.0 Å². The number of ketones is 1. The summed E-state index contributed by atoms with van der Waals surface area (Å²) in [5.41, 5.74) is -1.49. The first-order valence-electron chi connectivity index (χ1n) is 8.66. The van der Waals surface area contributed by atoms with Crippen LogP contribution in [-0.2, 0) is 23.9 Å². The lowest BCUT2D eigenvalue weighted by Crippen LogP contribution is -2.59. The number of carbonyl (C=O) groups excluding carboxylic acids is 3. The summed E-state index contributed by atoms with van der Waals surface area (Å²) in [6.45, 7) is 5.10. The zero-order valence-corrected chi connectivity index (χ0v) is 15.2. The molecule has 140 valence electrons. The number of aliphatic hydroxyl groups is 1. The first-order chi connectivity index (χ1) is 12.3. The van der Waals surface area contributed by atoms with Gasteiger partial charge >= 0.3 is 11.9 Å². The maximum Gasteiger partial charge on any atom is 0.343 e. The van der Waals surface area contributed by atoms with Gasteiger partial charge in [0.25, 0.3) is 0 Å². The highest BCUT2D eigenvalue weighted by molar-refractivity contribution is 6.02. The van der Waals surface area contributed by atoms with Gasteiger partial charge in [-0.15, -0.1) is 0 Å². The number of benzene rings is 1. The zero-order valence-electron chi connectivity index (χ0n) is 15.2. The summed E-state index contributed by atoms with van der Waals surface area (Å²) in [7, 11) is 0. The summed E-state index contributed by atoms with van der Waals surface area (Å²) in [4.78, 5) is 36.8. The van der Waals surface area contributed by atoms with Gasteiger partial charge in [-0.05, 0) is 32.4 Å². The molecule has 0 aliphatic heterocycles. The first-order valence-corrected chi connectivity index (χ1v) is 8.66. The Hall–Kier alpha value is -2.47. The molecule has 0 heterocycles. The Balaban J connectivity index is 2.36. The molecule has 0 radical (unpaired) electrons. The number of hydrogen-bond donors (Lipinski definition) is 1. The molecule has 0 aromatic heterocycles. The number of hydrogen-bond acceptors (Lipinski definition) is 6. The summed E-state index contributed by atoms with van der Waals surface area (Å²) in [6, 6.07) is 9.03. The molecule has 3 atom stereocenters. The molecule has 1 aromatic carbocycles. The second-order valence-electron chi connectivity index (χ2n) is 6.53. The van der Waals surface area contributed by atoms with E-state index in [0.29, 0.717) is 0 Å². The third-order valence-corrected chi connectivity index (χ3v) is 4.23. The summed E-state index contributed by atoms with van der Waals surface area (Å²) in [5.74, 6) is -4.00. The van der Waals surface area contributed by atoms with Gasteiger partial charge in [-0.1, -0.05) is 36.4 Å². The van der Waals surface area contributed by atoms with Crippen LogP contribution in [0, 0.1) is 11.8 Å². The lowest BCUT2D eigenvalue weighted by Gasteiger charge is -2.41.